The Kier molecular flexibility index (Phi) is 6.54. The summed E-state index contributed by atoms with van der Waals surface area (Å²) in [5, 5.41) is 1.04. The number of esters is 1. The third kappa shape index (κ3) is 4.34. The average Bonchev–Trinajstić information content (AvgIpc) is 3.09. The molecule has 1 aliphatic rings. The van der Waals surface area contributed by atoms with E-state index >= 15 is 0 Å². The lowest BCUT2D eigenvalue weighted by molar-refractivity contribution is 0.0443. The van der Waals surface area contributed by atoms with E-state index < -0.39 is 0 Å². The molecule has 1 aliphatic heterocycles. The molecule has 0 unspecified atom stereocenters. The number of fused-ring (bicyclic) bond motifs is 1. The number of nitrogens with zero attached hydrogens (tertiary/aromatic N) is 2. The number of hydrogen-bond donors (Lipinski definition) is 0. The number of benzene rings is 2. The van der Waals surface area contributed by atoms with Crippen molar-refractivity contribution in [2.45, 2.75) is 19.3 Å². The van der Waals surface area contributed by atoms with Gasteiger partial charge in [-0.3, -0.25) is 4.90 Å². The molecule has 1 fully saturated rings. The smallest absolute Gasteiger partial charge is 0.355 e. The normalized spacial score (nSPS) is 14.7. The quantitative estimate of drug-likeness (QED) is 0.598. The lowest BCUT2D eigenvalue weighted by Crippen LogP contribution is -2.33. The zero-order valence-electron chi connectivity index (χ0n) is 15.3. The Morgan fingerprint density at radius 1 is 0.926 bits per heavy atom. The molecule has 2 heterocycles. The Morgan fingerprint density at radius 2 is 1.63 bits per heavy atom. The maximum Gasteiger partial charge on any atom is 0.355 e. The van der Waals surface area contributed by atoms with Crippen LogP contribution in [0.15, 0.2) is 60.7 Å². The molecule has 0 saturated carbocycles. The second kappa shape index (κ2) is 9.07. The standard InChI is InChI=1S/C22H24N2O2.ClH/c25-22(26-16-15-23-13-7-2-8-14-23)21-17-18-9-5-6-12-20(18)24(21)19-10-3-1-4-11-19;/h1,3-6,9-12,17H,2,7-8,13-16H2;1H. The van der Waals surface area contributed by atoms with Crippen molar-refractivity contribution in [2.24, 2.45) is 0 Å². The van der Waals surface area contributed by atoms with Gasteiger partial charge in [0.1, 0.15) is 12.3 Å². The first-order valence-electron chi connectivity index (χ1n) is 9.38. The zero-order valence-corrected chi connectivity index (χ0v) is 16.2. The number of piperidine rings is 1. The van der Waals surface area contributed by atoms with Crippen LogP contribution in [0, 0.1) is 0 Å². The zero-order chi connectivity index (χ0) is 17.8. The Bertz CT molecular complexity index is 886. The first-order chi connectivity index (χ1) is 12.8. The number of aromatic nitrogens is 1. The molecule has 4 nitrogen and oxygen atoms in total. The highest BCUT2D eigenvalue weighted by atomic mass is 35.5. The summed E-state index contributed by atoms with van der Waals surface area (Å²) >= 11 is 0. The molecule has 4 rings (SSSR count). The molecule has 0 amide bonds. The van der Waals surface area contributed by atoms with Crippen LogP contribution >= 0.6 is 12.4 Å². The molecule has 5 heteroatoms. The second-order valence-corrected chi connectivity index (χ2v) is 6.80. The van der Waals surface area contributed by atoms with E-state index in [9.17, 15) is 4.79 Å². The van der Waals surface area contributed by atoms with Crippen molar-refractivity contribution >= 4 is 29.3 Å². The largest absolute Gasteiger partial charge is 0.460 e. The molecular weight excluding hydrogens is 360 g/mol. The van der Waals surface area contributed by atoms with Crippen LogP contribution in [0.1, 0.15) is 29.8 Å². The summed E-state index contributed by atoms with van der Waals surface area (Å²) in [6.07, 6.45) is 3.81. The third-order valence-corrected chi connectivity index (χ3v) is 5.02. The molecular formula is C22H25ClN2O2. The van der Waals surface area contributed by atoms with E-state index in [1.807, 2.05) is 65.2 Å². The highest BCUT2D eigenvalue weighted by Crippen LogP contribution is 2.25. The van der Waals surface area contributed by atoms with Crippen molar-refractivity contribution in [2.75, 3.05) is 26.2 Å². The molecule has 0 spiro atoms. The van der Waals surface area contributed by atoms with Gasteiger partial charge < -0.3 is 9.30 Å². The minimum Gasteiger partial charge on any atom is -0.460 e. The van der Waals surface area contributed by atoms with Crippen LogP contribution in [0.3, 0.4) is 0 Å². The summed E-state index contributed by atoms with van der Waals surface area (Å²) in [6, 6.07) is 19.9. The van der Waals surface area contributed by atoms with Crippen LogP contribution in [0.4, 0.5) is 0 Å². The predicted molar refractivity (Wildman–Crippen MR) is 111 cm³/mol. The Labute approximate surface area is 166 Å². The molecule has 0 atom stereocenters. The molecule has 142 valence electrons. The summed E-state index contributed by atoms with van der Waals surface area (Å²) in [6.45, 7) is 3.48. The van der Waals surface area contributed by atoms with Crippen LogP contribution in [0.2, 0.25) is 0 Å². The van der Waals surface area contributed by atoms with Crippen LogP contribution < -0.4 is 0 Å². The minimum absolute atomic E-state index is 0. The lowest BCUT2D eigenvalue weighted by Gasteiger charge is -2.25. The van der Waals surface area contributed by atoms with Crippen LogP contribution in [0.5, 0.6) is 0 Å². The van der Waals surface area contributed by atoms with Gasteiger partial charge in [0, 0.05) is 17.6 Å². The molecule has 1 aromatic heterocycles. The Balaban J connectivity index is 0.00000210. The second-order valence-electron chi connectivity index (χ2n) is 6.80. The monoisotopic (exact) mass is 384 g/mol. The fourth-order valence-electron chi connectivity index (χ4n) is 3.68. The topological polar surface area (TPSA) is 34.5 Å². The van der Waals surface area contributed by atoms with Gasteiger partial charge in [-0.2, -0.15) is 0 Å². The van der Waals surface area contributed by atoms with Crippen LogP contribution in [0.25, 0.3) is 16.6 Å². The summed E-state index contributed by atoms with van der Waals surface area (Å²) < 4.78 is 7.61. The van der Waals surface area contributed by atoms with Crippen molar-refractivity contribution in [1.29, 1.82) is 0 Å². The number of ether oxygens (including phenoxy) is 1. The van der Waals surface area contributed by atoms with Crippen molar-refractivity contribution in [3.8, 4) is 5.69 Å². The van der Waals surface area contributed by atoms with E-state index in [0.717, 1.165) is 36.2 Å². The number of halogens is 1. The van der Waals surface area contributed by atoms with Gasteiger partial charge in [-0.15, -0.1) is 12.4 Å². The first-order valence-corrected chi connectivity index (χ1v) is 9.38. The number of carbonyl (C=O) groups is 1. The first kappa shape index (κ1) is 19.5. The summed E-state index contributed by atoms with van der Waals surface area (Å²) in [5.74, 6) is -0.262. The molecule has 2 aromatic carbocycles. The van der Waals surface area contributed by atoms with Crippen molar-refractivity contribution in [3.63, 3.8) is 0 Å². The summed E-state index contributed by atoms with van der Waals surface area (Å²) in [7, 11) is 0. The van der Waals surface area contributed by atoms with Gasteiger partial charge in [0.2, 0.25) is 0 Å². The average molecular weight is 385 g/mol. The molecule has 0 aliphatic carbocycles. The van der Waals surface area contributed by atoms with E-state index in [1.165, 1.54) is 19.3 Å². The molecule has 0 N–H and O–H groups in total. The van der Waals surface area contributed by atoms with Gasteiger partial charge in [-0.25, -0.2) is 4.79 Å². The van der Waals surface area contributed by atoms with Crippen molar-refractivity contribution < 1.29 is 9.53 Å². The van der Waals surface area contributed by atoms with Crippen molar-refractivity contribution in [1.82, 2.24) is 9.47 Å². The number of rotatable bonds is 5. The third-order valence-electron chi connectivity index (χ3n) is 5.02. The lowest BCUT2D eigenvalue weighted by atomic mass is 10.1. The number of para-hydroxylation sites is 2. The van der Waals surface area contributed by atoms with Gasteiger partial charge in [0.25, 0.3) is 0 Å². The number of likely N-dealkylation sites (tertiary alicyclic amines) is 1. The van der Waals surface area contributed by atoms with Crippen molar-refractivity contribution in [3.05, 3.63) is 66.4 Å². The van der Waals surface area contributed by atoms with Crippen LogP contribution in [-0.4, -0.2) is 41.7 Å². The molecule has 3 aromatic rings. The van der Waals surface area contributed by atoms with Gasteiger partial charge in [-0.05, 0) is 50.2 Å². The van der Waals surface area contributed by atoms with Gasteiger partial charge in [0.05, 0.1) is 5.52 Å². The fraction of sp³-hybridized carbons (Fsp3) is 0.318. The Hall–Kier alpha value is -2.30. The fourth-order valence-corrected chi connectivity index (χ4v) is 3.68. The molecule has 0 bridgehead atoms. The molecule has 27 heavy (non-hydrogen) atoms. The number of carbonyl (C=O) groups excluding carboxylic acids is 1. The van der Waals surface area contributed by atoms with Gasteiger partial charge in [-0.1, -0.05) is 42.8 Å². The maximum absolute atomic E-state index is 12.8. The van der Waals surface area contributed by atoms with E-state index in [2.05, 4.69) is 4.90 Å². The maximum atomic E-state index is 12.8. The van der Waals surface area contributed by atoms with E-state index in [1.54, 1.807) is 0 Å². The van der Waals surface area contributed by atoms with E-state index in [0.29, 0.717) is 12.3 Å². The van der Waals surface area contributed by atoms with E-state index in [4.69, 9.17) is 4.74 Å². The predicted octanol–water partition coefficient (Wildman–Crippen LogP) is 4.70. The van der Waals surface area contributed by atoms with Gasteiger partial charge in [0.15, 0.2) is 0 Å². The molecule has 0 radical (unpaired) electrons. The molecule has 1 saturated heterocycles. The van der Waals surface area contributed by atoms with E-state index in [-0.39, 0.29) is 18.4 Å². The Morgan fingerprint density at radius 3 is 2.41 bits per heavy atom. The minimum atomic E-state index is -0.262. The summed E-state index contributed by atoms with van der Waals surface area (Å²) in [4.78, 5) is 15.2. The number of hydrogen-bond acceptors (Lipinski definition) is 3. The van der Waals surface area contributed by atoms with Gasteiger partial charge >= 0.3 is 5.97 Å². The highest BCUT2D eigenvalue weighted by molar-refractivity contribution is 5.97. The van der Waals surface area contributed by atoms with Crippen LogP contribution in [-0.2, 0) is 4.74 Å². The highest BCUT2D eigenvalue weighted by Gasteiger charge is 2.18. The SMILES string of the molecule is Cl.O=C(OCCN1CCCCC1)c1cc2ccccc2n1-c1ccccc1. The summed E-state index contributed by atoms with van der Waals surface area (Å²) in [5.41, 5.74) is 2.56.